The Morgan fingerprint density at radius 1 is 0.963 bits per heavy atom. The number of H-pyrrole nitrogens is 1. The summed E-state index contributed by atoms with van der Waals surface area (Å²) in [5, 5.41) is 0.579. The van der Waals surface area contributed by atoms with E-state index in [1.807, 2.05) is 0 Å². The van der Waals surface area contributed by atoms with Crippen molar-refractivity contribution in [3.8, 4) is 0 Å². The number of nitrogens with zero attached hydrogens (tertiary/aromatic N) is 1. The normalized spacial score (nSPS) is 10.1. The Kier molecular flexibility index (Phi) is 6.49. The topological polar surface area (TPSA) is 133 Å². The molecule has 10 heteroatoms. The standard InChI is InChI=1S/C9H7ClN2O2.C8H9ClN2O2/c1-14-9(13)7-5(10)2-3-6-8(7)12-4-11-6;1-13-8(12)6-4(9)2-3-5(10)7(6)11/h2-4H,1H3,(H,11,12);2-3H,10-11H2,1H3. The number of anilines is 2. The molecule has 0 aliphatic heterocycles. The Labute approximate surface area is 164 Å². The Morgan fingerprint density at radius 3 is 2.15 bits per heavy atom. The van der Waals surface area contributed by atoms with Crippen LogP contribution in [0.2, 0.25) is 10.0 Å². The lowest BCUT2D eigenvalue weighted by molar-refractivity contribution is 0.0593. The fourth-order valence-corrected chi connectivity index (χ4v) is 2.67. The van der Waals surface area contributed by atoms with Crippen LogP contribution in [0, 0.1) is 0 Å². The van der Waals surface area contributed by atoms with Crippen molar-refractivity contribution in [2.24, 2.45) is 0 Å². The molecule has 142 valence electrons. The van der Waals surface area contributed by atoms with Crippen LogP contribution in [0.1, 0.15) is 20.7 Å². The van der Waals surface area contributed by atoms with Crippen molar-refractivity contribution in [1.82, 2.24) is 9.97 Å². The third-order valence-corrected chi connectivity index (χ3v) is 4.18. The molecule has 1 aromatic heterocycles. The molecule has 5 N–H and O–H groups in total. The number of rotatable bonds is 2. The minimum atomic E-state index is -0.588. The fraction of sp³-hybridized carbons (Fsp3) is 0.118. The number of ether oxygens (including phenoxy) is 2. The first kappa shape index (κ1) is 20.3. The highest BCUT2D eigenvalue weighted by atomic mass is 35.5. The number of imidazole rings is 1. The molecule has 2 aromatic carbocycles. The minimum Gasteiger partial charge on any atom is -0.465 e. The maximum absolute atomic E-state index is 11.4. The summed E-state index contributed by atoms with van der Waals surface area (Å²) in [6.07, 6.45) is 1.51. The summed E-state index contributed by atoms with van der Waals surface area (Å²) >= 11 is 11.6. The number of carbonyl (C=O) groups excluding carboxylic acids is 2. The van der Waals surface area contributed by atoms with Crippen LogP contribution in [0.15, 0.2) is 30.6 Å². The summed E-state index contributed by atoms with van der Waals surface area (Å²) in [5.41, 5.74) is 13.2. The summed E-state index contributed by atoms with van der Waals surface area (Å²) < 4.78 is 9.11. The van der Waals surface area contributed by atoms with Crippen LogP contribution in [0.25, 0.3) is 11.0 Å². The number of fused-ring (bicyclic) bond motifs is 1. The van der Waals surface area contributed by atoms with E-state index in [0.29, 0.717) is 21.8 Å². The van der Waals surface area contributed by atoms with Gasteiger partial charge in [0.1, 0.15) is 16.6 Å². The SMILES string of the molecule is COC(=O)c1c(Cl)ccc(N)c1N.COC(=O)c1c(Cl)ccc2[nH]cnc12. The van der Waals surface area contributed by atoms with Gasteiger partial charge in [0.2, 0.25) is 0 Å². The second-order valence-electron chi connectivity index (χ2n) is 5.13. The first-order valence-electron chi connectivity index (χ1n) is 7.43. The molecule has 0 saturated heterocycles. The van der Waals surface area contributed by atoms with Crippen LogP contribution >= 0.6 is 23.2 Å². The van der Waals surface area contributed by atoms with Gasteiger partial charge in [0.25, 0.3) is 0 Å². The van der Waals surface area contributed by atoms with Crippen molar-refractivity contribution in [3.05, 3.63) is 51.8 Å². The minimum absolute atomic E-state index is 0.115. The zero-order chi connectivity index (χ0) is 20.1. The van der Waals surface area contributed by atoms with E-state index in [1.54, 1.807) is 12.1 Å². The molecule has 0 bridgehead atoms. The molecule has 0 saturated carbocycles. The summed E-state index contributed by atoms with van der Waals surface area (Å²) in [5.74, 6) is -1.07. The Balaban J connectivity index is 0.000000194. The van der Waals surface area contributed by atoms with Crippen LogP contribution in [0.5, 0.6) is 0 Å². The lowest BCUT2D eigenvalue weighted by Crippen LogP contribution is -2.08. The lowest BCUT2D eigenvalue weighted by atomic mass is 10.1. The number of benzene rings is 2. The average Bonchev–Trinajstić information content (AvgIpc) is 3.13. The molecule has 0 unspecified atom stereocenters. The van der Waals surface area contributed by atoms with Gasteiger partial charge in [0, 0.05) is 0 Å². The highest BCUT2D eigenvalue weighted by Crippen LogP contribution is 2.28. The number of methoxy groups -OCH3 is 2. The van der Waals surface area contributed by atoms with Gasteiger partial charge in [0.05, 0.1) is 47.5 Å². The summed E-state index contributed by atoms with van der Waals surface area (Å²) in [7, 11) is 2.56. The van der Waals surface area contributed by atoms with Crippen molar-refractivity contribution in [3.63, 3.8) is 0 Å². The number of carbonyl (C=O) groups is 2. The van der Waals surface area contributed by atoms with Gasteiger partial charge < -0.3 is 25.9 Å². The number of nitrogen functional groups attached to an aromatic ring is 2. The van der Waals surface area contributed by atoms with Crippen molar-refractivity contribution >= 4 is 57.5 Å². The van der Waals surface area contributed by atoms with Crippen LogP contribution in [-0.2, 0) is 9.47 Å². The molecule has 0 fully saturated rings. The van der Waals surface area contributed by atoms with Gasteiger partial charge >= 0.3 is 11.9 Å². The van der Waals surface area contributed by atoms with E-state index < -0.39 is 11.9 Å². The average molecular weight is 411 g/mol. The van der Waals surface area contributed by atoms with E-state index in [1.165, 1.54) is 32.7 Å². The van der Waals surface area contributed by atoms with Crippen LogP contribution in [0.3, 0.4) is 0 Å². The van der Waals surface area contributed by atoms with E-state index in [-0.39, 0.29) is 16.3 Å². The third-order valence-electron chi connectivity index (χ3n) is 3.55. The number of aromatic amines is 1. The van der Waals surface area contributed by atoms with Crippen LogP contribution in [0.4, 0.5) is 11.4 Å². The lowest BCUT2D eigenvalue weighted by Gasteiger charge is -2.07. The number of aromatic nitrogens is 2. The summed E-state index contributed by atoms with van der Waals surface area (Å²) in [4.78, 5) is 29.4. The predicted octanol–water partition coefficient (Wildman–Crippen LogP) is 3.29. The van der Waals surface area contributed by atoms with Gasteiger partial charge in [-0.3, -0.25) is 0 Å². The molecular formula is C17H16Cl2N4O4. The summed E-state index contributed by atoms with van der Waals surface area (Å²) in [6.45, 7) is 0. The Bertz CT molecular complexity index is 1000. The van der Waals surface area contributed by atoms with Gasteiger partial charge in [-0.15, -0.1) is 0 Å². The monoisotopic (exact) mass is 410 g/mol. The third kappa shape index (κ3) is 4.24. The van der Waals surface area contributed by atoms with Crippen molar-refractivity contribution in [1.29, 1.82) is 0 Å². The maximum atomic E-state index is 11.4. The van der Waals surface area contributed by atoms with Crippen molar-refractivity contribution in [2.45, 2.75) is 0 Å². The highest BCUT2D eigenvalue weighted by molar-refractivity contribution is 6.35. The number of hydrogen-bond donors (Lipinski definition) is 3. The molecule has 27 heavy (non-hydrogen) atoms. The molecule has 0 aliphatic carbocycles. The van der Waals surface area contributed by atoms with Crippen molar-refractivity contribution < 1.29 is 19.1 Å². The maximum Gasteiger partial charge on any atom is 0.341 e. The highest BCUT2D eigenvalue weighted by Gasteiger charge is 2.17. The van der Waals surface area contributed by atoms with E-state index in [9.17, 15) is 9.59 Å². The molecule has 8 nitrogen and oxygen atoms in total. The first-order valence-corrected chi connectivity index (χ1v) is 8.19. The largest absolute Gasteiger partial charge is 0.465 e. The number of halogens is 2. The molecule has 0 spiro atoms. The van der Waals surface area contributed by atoms with Crippen LogP contribution < -0.4 is 11.5 Å². The second-order valence-corrected chi connectivity index (χ2v) is 5.94. The Hall–Kier alpha value is -2.97. The van der Waals surface area contributed by atoms with E-state index in [2.05, 4.69) is 19.4 Å². The smallest absolute Gasteiger partial charge is 0.341 e. The second kappa shape index (κ2) is 8.61. The molecule has 1 heterocycles. The Morgan fingerprint density at radius 2 is 1.52 bits per heavy atom. The summed E-state index contributed by atoms with van der Waals surface area (Å²) in [6, 6.07) is 6.43. The number of hydrogen-bond acceptors (Lipinski definition) is 7. The van der Waals surface area contributed by atoms with Crippen molar-refractivity contribution in [2.75, 3.05) is 25.7 Å². The van der Waals surface area contributed by atoms with E-state index in [0.717, 1.165) is 5.52 Å². The van der Waals surface area contributed by atoms with Gasteiger partial charge in [-0.25, -0.2) is 14.6 Å². The molecule has 3 aromatic rings. The van der Waals surface area contributed by atoms with Gasteiger partial charge in [-0.2, -0.15) is 0 Å². The first-order chi connectivity index (χ1) is 12.8. The van der Waals surface area contributed by atoms with Gasteiger partial charge in [-0.05, 0) is 24.3 Å². The fourth-order valence-electron chi connectivity index (χ4n) is 2.20. The van der Waals surface area contributed by atoms with Gasteiger partial charge in [-0.1, -0.05) is 23.2 Å². The predicted molar refractivity (Wildman–Crippen MR) is 104 cm³/mol. The molecule has 0 atom stereocenters. The number of nitrogens with two attached hydrogens (primary N) is 2. The number of esters is 2. The quantitative estimate of drug-likeness (QED) is 0.435. The molecular weight excluding hydrogens is 395 g/mol. The molecule has 3 rings (SSSR count). The zero-order valence-corrected chi connectivity index (χ0v) is 15.9. The zero-order valence-electron chi connectivity index (χ0n) is 14.4. The molecule has 0 aliphatic rings. The van der Waals surface area contributed by atoms with E-state index in [4.69, 9.17) is 34.7 Å². The van der Waals surface area contributed by atoms with Crippen LogP contribution in [-0.4, -0.2) is 36.1 Å². The van der Waals surface area contributed by atoms with E-state index >= 15 is 0 Å². The number of nitrogens with one attached hydrogen (secondary N) is 1. The molecule has 0 amide bonds. The van der Waals surface area contributed by atoms with Gasteiger partial charge in [0.15, 0.2) is 0 Å². The molecule has 0 radical (unpaired) electrons.